The van der Waals surface area contributed by atoms with E-state index in [1.54, 1.807) is 0 Å². The van der Waals surface area contributed by atoms with Gasteiger partial charge in [-0.3, -0.25) is 0 Å². The first-order valence-electron chi connectivity index (χ1n) is 5.45. The summed E-state index contributed by atoms with van der Waals surface area (Å²) in [5, 5.41) is 0. The molecule has 0 bridgehead atoms. The van der Waals surface area contributed by atoms with Crippen LogP contribution in [0.1, 0.15) is 31.7 Å². The van der Waals surface area contributed by atoms with Crippen LogP contribution in [0.25, 0.3) is 0 Å². The highest BCUT2D eigenvalue weighted by Gasteiger charge is 2.53. The van der Waals surface area contributed by atoms with Crippen molar-refractivity contribution in [3.63, 3.8) is 0 Å². The van der Waals surface area contributed by atoms with Crippen LogP contribution in [0.15, 0.2) is 30.3 Å². The monoisotopic (exact) mass is 208 g/mol. The van der Waals surface area contributed by atoms with Gasteiger partial charge in [0.05, 0.1) is 0 Å². The second kappa shape index (κ2) is 3.94. The fraction of sp³-hybridized carbons (Fsp3) is 0.538. The van der Waals surface area contributed by atoms with Gasteiger partial charge in [-0.05, 0) is 29.7 Å². The van der Waals surface area contributed by atoms with E-state index in [2.05, 4.69) is 37.3 Å². The zero-order chi connectivity index (χ0) is 10.0. The van der Waals surface area contributed by atoms with Gasteiger partial charge in [0, 0.05) is 5.88 Å². The van der Waals surface area contributed by atoms with E-state index in [0.717, 1.165) is 5.88 Å². The molecule has 1 saturated carbocycles. The van der Waals surface area contributed by atoms with Crippen molar-refractivity contribution in [3.8, 4) is 0 Å². The molecule has 1 aliphatic rings. The van der Waals surface area contributed by atoms with Gasteiger partial charge in [-0.25, -0.2) is 0 Å². The summed E-state index contributed by atoms with van der Waals surface area (Å²) in [6, 6.07) is 10.9. The van der Waals surface area contributed by atoms with Crippen LogP contribution in [0.2, 0.25) is 0 Å². The molecule has 1 aliphatic carbocycles. The average molecular weight is 209 g/mol. The maximum absolute atomic E-state index is 5.97. The number of halogens is 1. The zero-order valence-electron chi connectivity index (χ0n) is 8.67. The molecule has 0 aliphatic heterocycles. The van der Waals surface area contributed by atoms with Crippen molar-refractivity contribution in [3.05, 3.63) is 35.9 Å². The summed E-state index contributed by atoms with van der Waals surface area (Å²) in [5.41, 5.74) is 1.92. The summed E-state index contributed by atoms with van der Waals surface area (Å²) in [6.07, 6.45) is 3.82. The molecular weight excluding hydrogens is 192 g/mol. The molecule has 0 nitrogen and oxygen atoms in total. The fourth-order valence-electron chi connectivity index (χ4n) is 2.60. The number of benzene rings is 1. The highest BCUT2D eigenvalue weighted by Crippen LogP contribution is 2.57. The average Bonchev–Trinajstić information content (AvgIpc) is 2.95. The minimum Gasteiger partial charge on any atom is -0.126 e. The summed E-state index contributed by atoms with van der Waals surface area (Å²) in [4.78, 5) is 0. The molecule has 2 rings (SSSR count). The molecule has 2 unspecified atom stereocenters. The molecule has 0 saturated heterocycles. The van der Waals surface area contributed by atoms with Crippen molar-refractivity contribution in [2.75, 3.05) is 5.88 Å². The first-order valence-corrected chi connectivity index (χ1v) is 5.98. The Balaban J connectivity index is 2.22. The van der Waals surface area contributed by atoms with Gasteiger partial charge < -0.3 is 0 Å². The van der Waals surface area contributed by atoms with E-state index < -0.39 is 0 Å². The maximum Gasteiger partial charge on any atom is 0.0260 e. The van der Waals surface area contributed by atoms with Crippen molar-refractivity contribution >= 4 is 11.6 Å². The third-order valence-corrected chi connectivity index (χ3v) is 3.84. The molecule has 0 N–H and O–H groups in total. The molecule has 2 atom stereocenters. The molecule has 0 aromatic heterocycles. The molecular formula is C13H17Cl. The largest absolute Gasteiger partial charge is 0.126 e. The number of rotatable bonds is 4. The molecule has 76 valence electrons. The molecule has 1 heteroatoms. The lowest BCUT2D eigenvalue weighted by molar-refractivity contribution is 0.564. The standard InChI is InChI=1S/C13H17Cl/c1-2-8-13(9-12(13)10-14)11-6-4-3-5-7-11/h3-7,12H,2,8-10H2,1H3. The van der Waals surface area contributed by atoms with Crippen LogP contribution >= 0.6 is 11.6 Å². The summed E-state index contributed by atoms with van der Waals surface area (Å²) in [5.74, 6) is 1.53. The molecule has 1 fully saturated rings. The maximum atomic E-state index is 5.97. The molecule has 1 aromatic carbocycles. The molecule has 0 heterocycles. The van der Waals surface area contributed by atoms with Gasteiger partial charge in [0.1, 0.15) is 0 Å². The lowest BCUT2D eigenvalue weighted by Gasteiger charge is -2.16. The van der Waals surface area contributed by atoms with E-state index in [0.29, 0.717) is 11.3 Å². The van der Waals surface area contributed by atoms with E-state index in [4.69, 9.17) is 11.6 Å². The smallest absolute Gasteiger partial charge is 0.0260 e. The molecule has 14 heavy (non-hydrogen) atoms. The van der Waals surface area contributed by atoms with Crippen LogP contribution in [-0.2, 0) is 5.41 Å². The van der Waals surface area contributed by atoms with Gasteiger partial charge in [-0.15, -0.1) is 11.6 Å². The normalized spacial score (nSPS) is 30.3. The first kappa shape index (κ1) is 10.0. The fourth-order valence-corrected chi connectivity index (χ4v) is 3.01. The van der Waals surface area contributed by atoms with Crippen molar-refractivity contribution in [2.45, 2.75) is 31.6 Å². The second-order valence-electron chi connectivity index (χ2n) is 4.33. The van der Waals surface area contributed by atoms with E-state index in [-0.39, 0.29) is 0 Å². The first-order chi connectivity index (χ1) is 6.83. The van der Waals surface area contributed by atoms with Gasteiger partial charge in [-0.1, -0.05) is 43.7 Å². The van der Waals surface area contributed by atoms with Crippen molar-refractivity contribution in [1.29, 1.82) is 0 Å². The lowest BCUT2D eigenvalue weighted by Crippen LogP contribution is -2.10. The SMILES string of the molecule is CCCC1(c2ccccc2)CC1CCl. The molecule has 0 amide bonds. The van der Waals surface area contributed by atoms with E-state index in [1.165, 1.54) is 24.8 Å². The number of hydrogen-bond donors (Lipinski definition) is 0. The number of alkyl halides is 1. The Hall–Kier alpha value is -0.490. The Kier molecular flexibility index (Phi) is 2.83. The van der Waals surface area contributed by atoms with Gasteiger partial charge in [0.15, 0.2) is 0 Å². The summed E-state index contributed by atoms with van der Waals surface area (Å²) in [7, 11) is 0. The predicted octanol–water partition coefficient (Wildman–Crippen LogP) is 3.98. The molecule has 0 radical (unpaired) electrons. The van der Waals surface area contributed by atoms with Gasteiger partial charge >= 0.3 is 0 Å². The van der Waals surface area contributed by atoms with Crippen LogP contribution in [-0.4, -0.2) is 5.88 Å². The lowest BCUT2D eigenvalue weighted by atomic mass is 9.89. The van der Waals surface area contributed by atoms with E-state index in [1.807, 2.05) is 0 Å². The van der Waals surface area contributed by atoms with Crippen molar-refractivity contribution in [1.82, 2.24) is 0 Å². The Morgan fingerprint density at radius 2 is 2.07 bits per heavy atom. The van der Waals surface area contributed by atoms with Gasteiger partial charge in [0.2, 0.25) is 0 Å². The highest BCUT2D eigenvalue weighted by molar-refractivity contribution is 6.18. The summed E-state index contributed by atoms with van der Waals surface area (Å²) in [6.45, 7) is 2.26. The van der Waals surface area contributed by atoms with Crippen LogP contribution < -0.4 is 0 Å². The Bertz CT molecular complexity index is 293. The van der Waals surface area contributed by atoms with Crippen molar-refractivity contribution < 1.29 is 0 Å². The van der Waals surface area contributed by atoms with Crippen molar-refractivity contribution in [2.24, 2.45) is 5.92 Å². The van der Waals surface area contributed by atoms with Crippen LogP contribution in [0.4, 0.5) is 0 Å². The Morgan fingerprint density at radius 3 is 2.57 bits per heavy atom. The Labute approximate surface area is 91.3 Å². The minimum absolute atomic E-state index is 0.428. The number of hydrogen-bond acceptors (Lipinski definition) is 0. The van der Waals surface area contributed by atoms with Gasteiger partial charge in [0.25, 0.3) is 0 Å². The molecule has 0 spiro atoms. The van der Waals surface area contributed by atoms with Gasteiger partial charge in [-0.2, -0.15) is 0 Å². The van der Waals surface area contributed by atoms with E-state index >= 15 is 0 Å². The minimum atomic E-state index is 0.428. The summed E-state index contributed by atoms with van der Waals surface area (Å²) < 4.78 is 0. The quantitative estimate of drug-likeness (QED) is 0.657. The summed E-state index contributed by atoms with van der Waals surface area (Å²) >= 11 is 5.97. The second-order valence-corrected chi connectivity index (χ2v) is 4.64. The van der Waals surface area contributed by atoms with E-state index in [9.17, 15) is 0 Å². The predicted molar refractivity (Wildman–Crippen MR) is 61.9 cm³/mol. The van der Waals surface area contributed by atoms with Crippen LogP contribution in [0.3, 0.4) is 0 Å². The third-order valence-electron chi connectivity index (χ3n) is 3.46. The topological polar surface area (TPSA) is 0 Å². The highest BCUT2D eigenvalue weighted by atomic mass is 35.5. The third kappa shape index (κ3) is 1.56. The Morgan fingerprint density at radius 1 is 1.36 bits per heavy atom. The molecule has 1 aromatic rings. The zero-order valence-corrected chi connectivity index (χ0v) is 9.43. The van der Waals surface area contributed by atoms with Crippen LogP contribution in [0.5, 0.6) is 0 Å². The van der Waals surface area contributed by atoms with Crippen LogP contribution in [0, 0.1) is 5.92 Å².